The van der Waals surface area contributed by atoms with Crippen LogP contribution in [0.25, 0.3) is 0 Å². The van der Waals surface area contributed by atoms with Gasteiger partial charge in [0.15, 0.2) is 0 Å². The van der Waals surface area contributed by atoms with Gasteiger partial charge in [-0.2, -0.15) is 0 Å². The molecule has 1 saturated heterocycles. The molecule has 2 aromatic rings. The van der Waals surface area contributed by atoms with E-state index in [2.05, 4.69) is 10.3 Å². The molecule has 1 aliphatic rings. The van der Waals surface area contributed by atoms with Crippen LogP contribution < -0.4 is 9.47 Å². The van der Waals surface area contributed by atoms with E-state index in [1.54, 1.807) is 43.3 Å². The number of methoxy groups -OCH3 is 2. The first-order chi connectivity index (χ1) is 11.7. The maximum atomic E-state index is 13.1. The van der Waals surface area contributed by atoms with E-state index in [9.17, 15) is 4.79 Å². The molecule has 0 spiro atoms. The van der Waals surface area contributed by atoms with Crippen LogP contribution in [0.3, 0.4) is 0 Å². The summed E-state index contributed by atoms with van der Waals surface area (Å²) >= 11 is 0. The van der Waals surface area contributed by atoms with Gasteiger partial charge >= 0.3 is 0 Å². The SMILES string of the molecule is COc1ccc(C(=O)N2CCCC[C@H]2Cn2ccnn2)c(OC)c1. The van der Waals surface area contributed by atoms with Gasteiger partial charge in [-0.15, -0.1) is 5.10 Å². The molecule has 0 unspecified atom stereocenters. The smallest absolute Gasteiger partial charge is 0.257 e. The molecule has 1 aromatic heterocycles. The Morgan fingerprint density at radius 3 is 2.88 bits per heavy atom. The minimum atomic E-state index is -0.0145. The van der Waals surface area contributed by atoms with Gasteiger partial charge in [-0.1, -0.05) is 5.21 Å². The zero-order valence-corrected chi connectivity index (χ0v) is 14.0. The number of hydrogen-bond acceptors (Lipinski definition) is 5. The molecule has 0 saturated carbocycles. The number of carbonyl (C=O) groups is 1. The molecule has 0 radical (unpaired) electrons. The monoisotopic (exact) mass is 330 g/mol. The summed E-state index contributed by atoms with van der Waals surface area (Å²) in [7, 11) is 3.16. The molecule has 1 amide bonds. The van der Waals surface area contributed by atoms with Gasteiger partial charge in [0.25, 0.3) is 5.91 Å². The van der Waals surface area contributed by atoms with Gasteiger partial charge in [-0.05, 0) is 31.4 Å². The third-order valence-electron chi connectivity index (χ3n) is 4.40. The number of aromatic nitrogens is 3. The van der Waals surface area contributed by atoms with Crippen molar-refractivity contribution >= 4 is 5.91 Å². The van der Waals surface area contributed by atoms with E-state index in [1.165, 1.54) is 0 Å². The Kier molecular flexibility index (Phi) is 4.98. The number of amides is 1. The van der Waals surface area contributed by atoms with E-state index in [1.807, 2.05) is 11.1 Å². The lowest BCUT2D eigenvalue weighted by Crippen LogP contribution is -2.46. The molecule has 7 heteroatoms. The number of hydrogen-bond donors (Lipinski definition) is 0. The Bertz CT molecular complexity index is 687. The first kappa shape index (κ1) is 16.3. The number of rotatable bonds is 5. The highest BCUT2D eigenvalue weighted by atomic mass is 16.5. The molecule has 1 aromatic carbocycles. The van der Waals surface area contributed by atoms with Crippen LogP contribution >= 0.6 is 0 Å². The summed E-state index contributed by atoms with van der Waals surface area (Å²) in [4.78, 5) is 15.0. The first-order valence-corrected chi connectivity index (χ1v) is 8.10. The van der Waals surface area contributed by atoms with Crippen LogP contribution in [0.4, 0.5) is 0 Å². The van der Waals surface area contributed by atoms with Crippen molar-refractivity contribution in [1.29, 1.82) is 0 Å². The molecule has 0 N–H and O–H groups in total. The van der Waals surface area contributed by atoms with Crippen LogP contribution in [0.5, 0.6) is 11.5 Å². The van der Waals surface area contributed by atoms with Crippen LogP contribution in [-0.4, -0.2) is 52.6 Å². The zero-order valence-electron chi connectivity index (χ0n) is 14.0. The Morgan fingerprint density at radius 1 is 1.29 bits per heavy atom. The molecule has 1 fully saturated rings. The first-order valence-electron chi connectivity index (χ1n) is 8.10. The minimum absolute atomic E-state index is 0.0145. The summed E-state index contributed by atoms with van der Waals surface area (Å²) in [5.41, 5.74) is 0.559. The van der Waals surface area contributed by atoms with Crippen molar-refractivity contribution in [2.24, 2.45) is 0 Å². The van der Waals surface area contributed by atoms with Gasteiger partial charge in [-0.25, -0.2) is 0 Å². The minimum Gasteiger partial charge on any atom is -0.497 e. The number of ether oxygens (including phenoxy) is 2. The maximum Gasteiger partial charge on any atom is 0.257 e. The summed E-state index contributed by atoms with van der Waals surface area (Å²) in [6.07, 6.45) is 6.57. The number of piperidine rings is 1. The highest BCUT2D eigenvalue weighted by Gasteiger charge is 2.29. The van der Waals surface area contributed by atoms with Gasteiger partial charge in [0.05, 0.1) is 38.6 Å². The summed E-state index contributed by atoms with van der Waals surface area (Å²) in [6.45, 7) is 1.40. The van der Waals surface area contributed by atoms with Crippen molar-refractivity contribution in [3.63, 3.8) is 0 Å². The second-order valence-corrected chi connectivity index (χ2v) is 5.84. The molecule has 24 heavy (non-hydrogen) atoms. The average molecular weight is 330 g/mol. The van der Waals surface area contributed by atoms with E-state index in [0.717, 1.165) is 25.8 Å². The van der Waals surface area contributed by atoms with Crippen molar-refractivity contribution in [2.45, 2.75) is 31.8 Å². The summed E-state index contributed by atoms with van der Waals surface area (Å²) < 4.78 is 12.4. The number of carbonyl (C=O) groups excluding carboxylic acids is 1. The standard InChI is InChI=1S/C17H22N4O3/c1-23-14-6-7-15(16(11-14)24-2)17(22)21-9-4-3-5-13(21)12-20-10-8-18-19-20/h6-8,10-11,13H,3-5,9,12H2,1-2H3/t13-/m0/s1. The predicted octanol–water partition coefficient (Wildman–Crippen LogP) is 1.99. The van der Waals surface area contributed by atoms with Crippen LogP contribution in [0.2, 0.25) is 0 Å². The molecular weight excluding hydrogens is 308 g/mol. The Labute approximate surface area is 141 Å². The lowest BCUT2D eigenvalue weighted by atomic mass is 10.0. The second-order valence-electron chi connectivity index (χ2n) is 5.84. The van der Waals surface area contributed by atoms with E-state index in [0.29, 0.717) is 23.6 Å². The Balaban J connectivity index is 1.83. The normalized spacial score (nSPS) is 17.6. The highest BCUT2D eigenvalue weighted by molar-refractivity contribution is 5.97. The van der Waals surface area contributed by atoms with E-state index < -0.39 is 0 Å². The largest absolute Gasteiger partial charge is 0.497 e. The quantitative estimate of drug-likeness (QED) is 0.838. The highest BCUT2D eigenvalue weighted by Crippen LogP contribution is 2.28. The van der Waals surface area contributed by atoms with Crippen molar-refractivity contribution < 1.29 is 14.3 Å². The molecule has 128 valence electrons. The van der Waals surface area contributed by atoms with Crippen molar-refractivity contribution in [3.8, 4) is 11.5 Å². The van der Waals surface area contributed by atoms with Crippen LogP contribution in [0.15, 0.2) is 30.6 Å². The van der Waals surface area contributed by atoms with Gasteiger partial charge in [0.1, 0.15) is 11.5 Å². The van der Waals surface area contributed by atoms with Gasteiger partial charge < -0.3 is 14.4 Å². The summed E-state index contributed by atoms with van der Waals surface area (Å²) in [5.74, 6) is 1.19. The van der Waals surface area contributed by atoms with Crippen LogP contribution in [-0.2, 0) is 6.54 Å². The molecule has 0 bridgehead atoms. The molecular formula is C17H22N4O3. The Morgan fingerprint density at radius 2 is 2.17 bits per heavy atom. The van der Waals surface area contributed by atoms with E-state index in [-0.39, 0.29) is 11.9 Å². The number of nitrogens with zero attached hydrogens (tertiary/aromatic N) is 4. The average Bonchev–Trinajstić information content (AvgIpc) is 3.14. The lowest BCUT2D eigenvalue weighted by Gasteiger charge is -2.36. The Hall–Kier alpha value is -2.57. The van der Waals surface area contributed by atoms with Crippen molar-refractivity contribution in [3.05, 3.63) is 36.2 Å². The number of likely N-dealkylation sites (tertiary alicyclic amines) is 1. The molecule has 1 aliphatic heterocycles. The van der Waals surface area contributed by atoms with Crippen molar-refractivity contribution in [1.82, 2.24) is 19.9 Å². The summed E-state index contributed by atoms with van der Waals surface area (Å²) in [5, 5.41) is 7.86. The van der Waals surface area contributed by atoms with Crippen LogP contribution in [0.1, 0.15) is 29.6 Å². The van der Waals surface area contributed by atoms with Gasteiger partial charge in [0.2, 0.25) is 0 Å². The maximum absolute atomic E-state index is 13.1. The summed E-state index contributed by atoms with van der Waals surface area (Å²) in [6, 6.07) is 5.40. The predicted molar refractivity (Wildman–Crippen MR) is 88.2 cm³/mol. The molecule has 1 atom stereocenters. The molecule has 3 rings (SSSR count). The lowest BCUT2D eigenvalue weighted by molar-refractivity contribution is 0.0579. The second kappa shape index (κ2) is 7.33. The fourth-order valence-electron chi connectivity index (χ4n) is 3.13. The fourth-order valence-corrected chi connectivity index (χ4v) is 3.13. The van der Waals surface area contributed by atoms with Gasteiger partial charge in [0, 0.05) is 18.8 Å². The van der Waals surface area contributed by atoms with E-state index in [4.69, 9.17) is 9.47 Å². The van der Waals surface area contributed by atoms with Crippen LogP contribution in [0, 0.1) is 0 Å². The van der Waals surface area contributed by atoms with E-state index >= 15 is 0 Å². The topological polar surface area (TPSA) is 69.5 Å². The fraction of sp³-hybridized carbons (Fsp3) is 0.471. The van der Waals surface area contributed by atoms with Crippen molar-refractivity contribution in [2.75, 3.05) is 20.8 Å². The molecule has 0 aliphatic carbocycles. The van der Waals surface area contributed by atoms with Gasteiger partial charge in [-0.3, -0.25) is 9.48 Å². The third kappa shape index (κ3) is 3.34. The number of benzene rings is 1. The third-order valence-corrected chi connectivity index (χ3v) is 4.40. The zero-order chi connectivity index (χ0) is 16.9. The molecule has 7 nitrogen and oxygen atoms in total. The molecule has 2 heterocycles.